The third kappa shape index (κ3) is 4.30. The number of halogens is 2. The zero-order chi connectivity index (χ0) is 14.4. The van der Waals surface area contributed by atoms with Crippen molar-refractivity contribution in [1.82, 2.24) is 5.32 Å². The van der Waals surface area contributed by atoms with Crippen molar-refractivity contribution in [3.63, 3.8) is 0 Å². The van der Waals surface area contributed by atoms with Crippen LogP contribution in [-0.4, -0.2) is 6.54 Å². The van der Waals surface area contributed by atoms with Crippen LogP contribution in [0.2, 0.25) is 5.02 Å². The van der Waals surface area contributed by atoms with Crippen LogP contribution < -0.4 is 5.32 Å². The van der Waals surface area contributed by atoms with E-state index in [4.69, 9.17) is 11.6 Å². The molecule has 2 rings (SSSR count). The van der Waals surface area contributed by atoms with Crippen molar-refractivity contribution in [2.45, 2.75) is 32.2 Å². The summed E-state index contributed by atoms with van der Waals surface area (Å²) in [7, 11) is 0. The molecule has 20 heavy (non-hydrogen) atoms. The molecule has 0 aliphatic carbocycles. The molecular weight excluding hydrogens is 293 g/mol. The first-order valence-corrected chi connectivity index (χ1v) is 8.17. The molecule has 1 heterocycles. The highest BCUT2D eigenvalue weighted by Crippen LogP contribution is 2.26. The predicted octanol–water partition coefficient (Wildman–Crippen LogP) is 5.21. The number of hydrogen-bond acceptors (Lipinski definition) is 2. The molecule has 0 saturated carbocycles. The van der Waals surface area contributed by atoms with E-state index < -0.39 is 0 Å². The highest BCUT2D eigenvalue weighted by atomic mass is 35.5. The van der Waals surface area contributed by atoms with Gasteiger partial charge in [0.15, 0.2) is 0 Å². The van der Waals surface area contributed by atoms with E-state index in [9.17, 15) is 4.39 Å². The van der Waals surface area contributed by atoms with Gasteiger partial charge in [-0.25, -0.2) is 4.39 Å². The lowest BCUT2D eigenvalue weighted by Gasteiger charge is -2.19. The summed E-state index contributed by atoms with van der Waals surface area (Å²) in [6, 6.07) is 8.96. The van der Waals surface area contributed by atoms with Crippen LogP contribution in [-0.2, 0) is 6.42 Å². The van der Waals surface area contributed by atoms with Gasteiger partial charge in [0.1, 0.15) is 5.82 Å². The van der Waals surface area contributed by atoms with Crippen LogP contribution in [0.4, 0.5) is 4.39 Å². The van der Waals surface area contributed by atoms with E-state index in [1.165, 1.54) is 10.9 Å². The number of benzene rings is 1. The minimum Gasteiger partial charge on any atom is -0.310 e. The van der Waals surface area contributed by atoms with Crippen molar-refractivity contribution in [2.75, 3.05) is 6.54 Å². The summed E-state index contributed by atoms with van der Waals surface area (Å²) >= 11 is 7.75. The second-order valence-electron chi connectivity index (χ2n) is 4.79. The highest BCUT2D eigenvalue weighted by molar-refractivity contribution is 7.09. The molecule has 0 fully saturated rings. The van der Waals surface area contributed by atoms with Gasteiger partial charge in [0, 0.05) is 21.5 Å². The van der Waals surface area contributed by atoms with E-state index in [2.05, 4.69) is 29.8 Å². The minimum absolute atomic E-state index is 0.00995. The van der Waals surface area contributed by atoms with E-state index in [-0.39, 0.29) is 11.9 Å². The number of aryl methyl sites for hydroxylation is 1. The van der Waals surface area contributed by atoms with Gasteiger partial charge in [-0.15, -0.1) is 11.3 Å². The predicted molar refractivity (Wildman–Crippen MR) is 85.1 cm³/mol. The summed E-state index contributed by atoms with van der Waals surface area (Å²) in [4.78, 5) is 1.33. The maximum absolute atomic E-state index is 14.0. The van der Waals surface area contributed by atoms with E-state index in [1.54, 1.807) is 23.5 Å². The van der Waals surface area contributed by atoms with E-state index in [0.29, 0.717) is 10.6 Å². The van der Waals surface area contributed by atoms with Gasteiger partial charge in [-0.3, -0.25) is 0 Å². The lowest BCUT2D eigenvalue weighted by molar-refractivity contribution is 0.475. The van der Waals surface area contributed by atoms with Gasteiger partial charge in [0.25, 0.3) is 0 Å². The van der Waals surface area contributed by atoms with E-state index in [1.807, 2.05) is 0 Å². The topological polar surface area (TPSA) is 12.0 Å². The van der Waals surface area contributed by atoms with Crippen molar-refractivity contribution < 1.29 is 4.39 Å². The van der Waals surface area contributed by atoms with Crippen LogP contribution in [0.5, 0.6) is 0 Å². The van der Waals surface area contributed by atoms with E-state index in [0.717, 1.165) is 25.8 Å². The molecule has 0 bridgehead atoms. The Hall–Kier alpha value is -0.900. The Bertz CT molecular complexity index is 527. The second kappa shape index (κ2) is 7.77. The van der Waals surface area contributed by atoms with Crippen molar-refractivity contribution in [1.29, 1.82) is 0 Å². The quantitative estimate of drug-likeness (QED) is 0.739. The molecule has 0 amide bonds. The van der Waals surface area contributed by atoms with Crippen LogP contribution in [0.15, 0.2) is 35.7 Å². The molecule has 0 spiro atoms. The van der Waals surface area contributed by atoms with Crippen molar-refractivity contribution in [2.24, 2.45) is 0 Å². The van der Waals surface area contributed by atoms with Gasteiger partial charge < -0.3 is 5.32 Å². The number of nitrogens with one attached hydrogen (secondary N) is 1. The largest absolute Gasteiger partial charge is 0.310 e. The molecule has 1 aromatic heterocycles. The maximum Gasteiger partial charge on any atom is 0.128 e. The van der Waals surface area contributed by atoms with Gasteiger partial charge in [-0.05, 0) is 55.5 Å². The molecule has 108 valence electrons. The molecule has 1 nitrogen and oxygen atoms in total. The van der Waals surface area contributed by atoms with Crippen LogP contribution in [0.1, 0.15) is 36.2 Å². The Balaban J connectivity index is 2.11. The monoisotopic (exact) mass is 311 g/mol. The molecular formula is C16H19ClFNS. The molecule has 1 unspecified atom stereocenters. The number of thiophene rings is 1. The summed E-state index contributed by atoms with van der Waals surface area (Å²) in [5, 5.41) is 6.08. The first kappa shape index (κ1) is 15.5. The molecule has 0 saturated heterocycles. The Morgan fingerprint density at radius 1 is 1.35 bits per heavy atom. The summed E-state index contributed by atoms with van der Waals surface area (Å²) in [6.45, 7) is 2.98. The summed E-state index contributed by atoms with van der Waals surface area (Å²) in [5.74, 6) is -0.186. The van der Waals surface area contributed by atoms with Crippen molar-refractivity contribution in [3.8, 4) is 0 Å². The normalized spacial score (nSPS) is 12.6. The zero-order valence-corrected chi connectivity index (χ0v) is 13.1. The van der Waals surface area contributed by atoms with Crippen LogP contribution in [0.25, 0.3) is 0 Å². The Kier molecular flexibility index (Phi) is 6.02. The number of hydrogen-bond donors (Lipinski definition) is 1. The molecule has 2 aromatic rings. The molecule has 1 N–H and O–H groups in total. The lowest BCUT2D eigenvalue weighted by atomic mass is 10.0. The first-order chi connectivity index (χ1) is 9.70. The first-order valence-electron chi connectivity index (χ1n) is 6.91. The fourth-order valence-corrected chi connectivity index (χ4v) is 3.11. The Morgan fingerprint density at radius 2 is 2.20 bits per heavy atom. The zero-order valence-electron chi connectivity index (χ0n) is 11.5. The van der Waals surface area contributed by atoms with Gasteiger partial charge in [-0.2, -0.15) is 0 Å². The van der Waals surface area contributed by atoms with Gasteiger partial charge in [0.05, 0.1) is 0 Å². The van der Waals surface area contributed by atoms with Gasteiger partial charge >= 0.3 is 0 Å². The average molecular weight is 312 g/mol. The smallest absolute Gasteiger partial charge is 0.128 e. The van der Waals surface area contributed by atoms with Crippen LogP contribution in [0.3, 0.4) is 0 Å². The lowest BCUT2D eigenvalue weighted by Crippen LogP contribution is -2.23. The fourth-order valence-electron chi connectivity index (χ4n) is 2.21. The van der Waals surface area contributed by atoms with Crippen LogP contribution >= 0.6 is 22.9 Å². The molecule has 1 atom stereocenters. The SMILES string of the molecule is CCCNC(CCc1cccs1)c1cc(Cl)ccc1F. The summed E-state index contributed by atoms with van der Waals surface area (Å²) in [6.07, 6.45) is 2.85. The third-order valence-electron chi connectivity index (χ3n) is 3.23. The minimum atomic E-state index is -0.186. The number of rotatable bonds is 7. The van der Waals surface area contributed by atoms with Crippen LogP contribution in [0, 0.1) is 5.82 Å². The molecule has 0 aliphatic heterocycles. The standard InChI is InChI=1S/C16H19ClFNS/c1-2-9-19-16(8-6-13-4-3-10-20-13)14-11-12(17)5-7-15(14)18/h3-5,7,10-11,16,19H,2,6,8-9H2,1H3. The average Bonchev–Trinajstić information content (AvgIpc) is 2.95. The second-order valence-corrected chi connectivity index (χ2v) is 6.26. The molecule has 0 radical (unpaired) electrons. The summed E-state index contributed by atoms with van der Waals surface area (Å²) in [5.41, 5.74) is 0.669. The van der Waals surface area contributed by atoms with Crippen molar-refractivity contribution in [3.05, 3.63) is 57.0 Å². The highest BCUT2D eigenvalue weighted by Gasteiger charge is 2.16. The van der Waals surface area contributed by atoms with Gasteiger partial charge in [-0.1, -0.05) is 24.6 Å². The Morgan fingerprint density at radius 3 is 2.90 bits per heavy atom. The van der Waals surface area contributed by atoms with Crippen molar-refractivity contribution >= 4 is 22.9 Å². The molecule has 1 aromatic carbocycles. The van der Waals surface area contributed by atoms with E-state index >= 15 is 0 Å². The maximum atomic E-state index is 14.0. The Labute approximate surface area is 128 Å². The molecule has 4 heteroatoms. The summed E-state index contributed by atoms with van der Waals surface area (Å²) < 4.78 is 14.0. The fraction of sp³-hybridized carbons (Fsp3) is 0.375. The van der Waals surface area contributed by atoms with Gasteiger partial charge in [0.2, 0.25) is 0 Å². The third-order valence-corrected chi connectivity index (χ3v) is 4.40. The molecule has 0 aliphatic rings.